The lowest BCUT2D eigenvalue weighted by atomic mass is 10.1. The number of fused-ring (bicyclic) bond motifs is 2. The van der Waals surface area contributed by atoms with Gasteiger partial charge in [0.05, 0.1) is 46.1 Å². The van der Waals surface area contributed by atoms with Crippen molar-refractivity contribution >= 4 is 38.5 Å². The molecule has 7 nitrogen and oxygen atoms in total. The van der Waals surface area contributed by atoms with E-state index in [0.717, 1.165) is 32.0 Å². The number of benzene rings is 2. The highest BCUT2D eigenvalue weighted by Crippen LogP contribution is 2.26. The quantitative estimate of drug-likeness (QED) is 0.362. The standard InChI is InChI=1S/C27H20N6OS/c34-27(29-16-25-31-22-8-4-5-9-24(22)35-25)20-14-23(19-6-2-1-3-7-19)32-26-21(20)15-30-33(26)17-18-10-12-28-13-11-18/h1-15H,16-17H2,(H,29,34). The lowest BCUT2D eigenvalue weighted by Gasteiger charge is -2.09. The number of nitrogens with one attached hydrogen (secondary N) is 1. The zero-order valence-electron chi connectivity index (χ0n) is 18.6. The molecule has 0 aliphatic rings. The van der Waals surface area contributed by atoms with Gasteiger partial charge in [0.25, 0.3) is 5.91 Å². The second-order valence-corrected chi connectivity index (χ2v) is 9.19. The summed E-state index contributed by atoms with van der Waals surface area (Å²) in [5.41, 5.74) is 4.85. The molecule has 0 saturated heterocycles. The maximum Gasteiger partial charge on any atom is 0.252 e. The number of nitrogens with zero attached hydrogens (tertiary/aromatic N) is 5. The summed E-state index contributed by atoms with van der Waals surface area (Å²) in [5.74, 6) is -0.183. The van der Waals surface area contributed by atoms with E-state index in [0.29, 0.717) is 29.7 Å². The Kier molecular flexibility index (Phi) is 5.48. The number of carbonyl (C=O) groups is 1. The zero-order valence-corrected chi connectivity index (χ0v) is 19.4. The zero-order chi connectivity index (χ0) is 23.6. The van der Waals surface area contributed by atoms with E-state index in [1.807, 2.05) is 77.5 Å². The Morgan fingerprint density at radius 1 is 0.943 bits per heavy atom. The van der Waals surface area contributed by atoms with E-state index < -0.39 is 0 Å². The van der Waals surface area contributed by atoms with Crippen molar-refractivity contribution in [3.05, 3.63) is 108 Å². The smallest absolute Gasteiger partial charge is 0.252 e. The Bertz CT molecular complexity index is 1610. The summed E-state index contributed by atoms with van der Waals surface area (Å²) in [6.07, 6.45) is 5.22. The number of hydrogen-bond acceptors (Lipinski definition) is 6. The molecule has 0 atom stereocenters. The minimum absolute atomic E-state index is 0.183. The summed E-state index contributed by atoms with van der Waals surface area (Å²) in [5, 5.41) is 9.17. The highest BCUT2D eigenvalue weighted by atomic mass is 32.1. The fraction of sp³-hybridized carbons (Fsp3) is 0.0741. The molecule has 0 bridgehead atoms. The second kappa shape index (κ2) is 9.08. The monoisotopic (exact) mass is 476 g/mol. The Labute approximate surface area is 205 Å². The Hall–Kier alpha value is -4.43. The van der Waals surface area contributed by atoms with E-state index in [2.05, 4.69) is 20.4 Å². The predicted molar refractivity (Wildman–Crippen MR) is 137 cm³/mol. The third-order valence-corrected chi connectivity index (χ3v) is 6.78. The SMILES string of the molecule is O=C(NCc1nc2ccccc2s1)c1cc(-c2ccccc2)nc2c1cnn2Cc1ccncc1. The summed E-state index contributed by atoms with van der Waals surface area (Å²) >= 11 is 1.58. The highest BCUT2D eigenvalue weighted by molar-refractivity contribution is 7.18. The van der Waals surface area contributed by atoms with Gasteiger partial charge in [0, 0.05) is 18.0 Å². The van der Waals surface area contributed by atoms with Crippen molar-refractivity contribution in [3.8, 4) is 11.3 Å². The van der Waals surface area contributed by atoms with Crippen LogP contribution in [-0.4, -0.2) is 30.6 Å². The number of carbonyl (C=O) groups excluding carboxylic acids is 1. The van der Waals surface area contributed by atoms with Crippen molar-refractivity contribution in [2.75, 3.05) is 0 Å². The molecule has 1 N–H and O–H groups in total. The molecular weight excluding hydrogens is 456 g/mol. The lowest BCUT2D eigenvalue weighted by molar-refractivity contribution is 0.0952. The Morgan fingerprint density at radius 2 is 1.74 bits per heavy atom. The van der Waals surface area contributed by atoms with E-state index in [4.69, 9.17) is 4.98 Å². The first-order valence-corrected chi connectivity index (χ1v) is 12.0. The van der Waals surface area contributed by atoms with Crippen molar-refractivity contribution in [1.29, 1.82) is 0 Å². The van der Waals surface area contributed by atoms with Gasteiger partial charge in [-0.2, -0.15) is 5.10 Å². The first-order chi connectivity index (χ1) is 17.2. The summed E-state index contributed by atoms with van der Waals surface area (Å²) in [4.78, 5) is 27.0. The van der Waals surface area contributed by atoms with Crippen molar-refractivity contribution in [2.24, 2.45) is 0 Å². The van der Waals surface area contributed by atoms with Gasteiger partial charge in [0.2, 0.25) is 0 Å². The molecule has 6 rings (SSSR count). The summed E-state index contributed by atoms with van der Waals surface area (Å²) < 4.78 is 2.92. The molecule has 0 unspecified atom stereocenters. The van der Waals surface area contributed by atoms with E-state index in [-0.39, 0.29) is 5.91 Å². The van der Waals surface area contributed by atoms with Crippen molar-refractivity contribution in [2.45, 2.75) is 13.1 Å². The van der Waals surface area contributed by atoms with Gasteiger partial charge in [-0.3, -0.25) is 9.78 Å². The maximum atomic E-state index is 13.4. The topological polar surface area (TPSA) is 85.6 Å². The number of para-hydroxylation sites is 1. The summed E-state index contributed by atoms with van der Waals surface area (Å²) in [7, 11) is 0. The van der Waals surface area contributed by atoms with E-state index in [1.165, 1.54) is 0 Å². The third kappa shape index (κ3) is 4.27. The molecule has 6 aromatic rings. The van der Waals surface area contributed by atoms with Gasteiger partial charge in [-0.25, -0.2) is 14.6 Å². The minimum atomic E-state index is -0.183. The second-order valence-electron chi connectivity index (χ2n) is 8.07. The van der Waals surface area contributed by atoms with Crippen LogP contribution in [0.2, 0.25) is 0 Å². The van der Waals surface area contributed by atoms with Crippen LogP contribution in [0.4, 0.5) is 0 Å². The lowest BCUT2D eigenvalue weighted by Crippen LogP contribution is -2.23. The van der Waals surface area contributed by atoms with E-state index in [1.54, 1.807) is 29.9 Å². The van der Waals surface area contributed by atoms with Gasteiger partial charge in [-0.05, 0) is 35.9 Å². The largest absolute Gasteiger partial charge is 0.345 e. The molecular formula is C27H20N6OS. The molecule has 0 aliphatic carbocycles. The molecule has 0 radical (unpaired) electrons. The average Bonchev–Trinajstić information content (AvgIpc) is 3.51. The van der Waals surface area contributed by atoms with Crippen molar-refractivity contribution in [3.63, 3.8) is 0 Å². The molecule has 170 valence electrons. The number of thiazole rings is 1. The van der Waals surface area contributed by atoms with Crippen LogP contribution in [0.3, 0.4) is 0 Å². The number of rotatable bonds is 6. The van der Waals surface area contributed by atoms with Crippen LogP contribution in [0.25, 0.3) is 32.5 Å². The molecule has 8 heteroatoms. The Balaban J connectivity index is 1.37. The van der Waals surface area contributed by atoms with Crippen molar-refractivity contribution < 1.29 is 4.79 Å². The van der Waals surface area contributed by atoms with Crippen molar-refractivity contribution in [1.82, 2.24) is 30.0 Å². The first-order valence-electron chi connectivity index (χ1n) is 11.2. The third-order valence-electron chi connectivity index (χ3n) is 5.74. The molecule has 0 aliphatic heterocycles. The number of amides is 1. The summed E-state index contributed by atoms with van der Waals surface area (Å²) in [6.45, 7) is 0.887. The van der Waals surface area contributed by atoms with Crippen LogP contribution in [0, 0.1) is 0 Å². The van der Waals surface area contributed by atoms with Crippen LogP contribution in [0.1, 0.15) is 20.9 Å². The van der Waals surface area contributed by atoms with Crippen LogP contribution in [-0.2, 0) is 13.1 Å². The van der Waals surface area contributed by atoms with Crippen LogP contribution < -0.4 is 5.32 Å². The average molecular weight is 477 g/mol. The predicted octanol–water partition coefficient (Wildman–Crippen LogP) is 5.08. The maximum absolute atomic E-state index is 13.4. The van der Waals surface area contributed by atoms with E-state index in [9.17, 15) is 4.79 Å². The Morgan fingerprint density at radius 3 is 2.57 bits per heavy atom. The molecule has 4 heterocycles. The first kappa shape index (κ1) is 21.1. The van der Waals surface area contributed by atoms with Gasteiger partial charge in [-0.15, -0.1) is 11.3 Å². The van der Waals surface area contributed by atoms with Crippen LogP contribution in [0.5, 0.6) is 0 Å². The molecule has 2 aromatic carbocycles. The number of hydrogen-bond donors (Lipinski definition) is 1. The molecule has 0 saturated carbocycles. The van der Waals surface area contributed by atoms with Gasteiger partial charge in [0.1, 0.15) is 5.01 Å². The van der Waals surface area contributed by atoms with Gasteiger partial charge < -0.3 is 5.32 Å². The molecule has 4 aromatic heterocycles. The number of pyridine rings is 2. The molecule has 35 heavy (non-hydrogen) atoms. The van der Waals surface area contributed by atoms with Crippen LogP contribution in [0.15, 0.2) is 91.4 Å². The number of aromatic nitrogens is 5. The van der Waals surface area contributed by atoms with Gasteiger partial charge in [0.15, 0.2) is 5.65 Å². The molecule has 0 fully saturated rings. The highest BCUT2D eigenvalue weighted by Gasteiger charge is 2.18. The normalized spacial score (nSPS) is 11.2. The molecule has 0 spiro atoms. The van der Waals surface area contributed by atoms with Gasteiger partial charge >= 0.3 is 0 Å². The molecule has 1 amide bonds. The fourth-order valence-electron chi connectivity index (χ4n) is 4.02. The van der Waals surface area contributed by atoms with Gasteiger partial charge in [-0.1, -0.05) is 42.5 Å². The minimum Gasteiger partial charge on any atom is -0.345 e. The van der Waals surface area contributed by atoms with E-state index >= 15 is 0 Å². The summed E-state index contributed by atoms with van der Waals surface area (Å²) in [6, 6.07) is 23.6. The fourth-order valence-corrected chi connectivity index (χ4v) is 4.92. The van der Waals surface area contributed by atoms with Crippen LogP contribution >= 0.6 is 11.3 Å².